The van der Waals surface area contributed by atoms with Gasteiger partial charge in [0.15, 0.2) is 0 Å². The lowest BCUT2D eigenvalue weighted by Gasteiger charge is -2.10. The highest BCUT2D eigenvalue weighted by Gasteiger charge is 2.16. The number of aromatic amines is 1. The van der Waals surface area contributed by atoms with Crippen molar-refractivity contribution < 1.29 is 9.53 Å². The number of carbonyl (C=O) groups excluding carboxylic acids is 1. The highest BCUT2D eigenvalue weighted by molar-refractivity contribution is 8.00. The molecule has 0 radical (unpaired) electrons. The first-order valence-corrected chi connectivity index (χ1v) is 6.97. The molecule has 1 aromatic heterocycles. The van der Waals surface area contributed by atoms with Gasteiger partial charge in [-0.05, 0) is 38.1 Å². The van der Waals surface area contributed by atoms with Crippen LogP contribution in [0, 0.1) is 6.92 Å². The number of methoxy groups -OCH3 is 1. The number of rotatable bonds is 5. The fourth-order valence-electron chi connectivity index (χ4n) is 1.50. The Bertz CT molecular complexity index is 582. The molecule has 2 aromatic rings. The van der Waals surface area contributed by atoms with E-state index in [1.54, 1.807) is 31.4 Å². The van der Waals surface area contributed by atoms with E-state index in [4.69, 9.17) is 4.74 Å². The number of carbonyl (C=O) groups is 1. The summed E-state index contributed by atoms with van der Waals surface area (Å²) in [7, 11) is 1.60. The molecule has 0 spiro atoms. The predicted octanol–water partition coefficient (Wildman–Crippen LogP) is 2.24. The maximum absolute atomic E-state index is 12.0. The fraction of sp³-hybridized carbons (Fsp3) is 0.308. The van der Waals surface area contributed by atoms with Crippen molar-refractivity contribution in [2.75, 3.05) is 12.4 Å². The number of ether oxygens (including phenoxy) is 1. The van der Waals surface area contributed by atoms with E-state index in [1.807, 2.05) is 13.8 Å². The van der Waals surface area contributed by atoms with E-state index < -0.39 is 0 Å². The minimum Gasteiger partial charge on any atom is -0.497 e. The zero-order chi connectivity index (χ0) is 14.5. The third kappa shape index (κ3) is 3.74. The number of thioether (sulfide) groups is 1. The first-order chi connectivity index (χ1) is 9.58. The molecule has 2 rings (SSSR count). The van der Waals surface area contributed by atoms with Crippen molar-refractivity contribution in [1.29, 1.82) is 0 Å². The molecule has 106 valence electrons. The SMILES string of the molecule is COc1ccc(NC(=O)C(C)Sc2n[nH]c(C)n2)cc1. The van der Waals surface area contributed by atoms with E-state index in [0.717, 1.165) is 17.3 Å². The molecule has 0 fully saturated rings. The van der Waals surface area contributed by atoms with Gasteiger partial charge in [-0.3, -0.25) is 9.89 Å². The number of H-pyrrole nitrogens is 1. The van der Waals surface area contributed by atoms with Gasteiger partial charge in [0.25, 0.3) is 0 Å². The molecular weight excluding hydrogens is 276 g/mol. The maximum atomic E-state index is 12.0. The van der Waals surface area contributed by atoms with Crippen LogP contribution in [0.15, 0.2) is 29.4 Å². The number of nitrogens with one attached hydrogen (secondary N) is 2. The molecule has 7 heteroatoms. The van der Waals surface area contributed by atoms with Gasteiger partial charge in [0.1, 0.15) is 11.6 Å². The Morgan fingerprint density at radius 3 is 2.65 bits per heavy atom. The molecule has 2 N–H and O–H groups in total. The second-order valence-electron chi connectivity index (χ2n) is 4.18. The summed E-state index contributed by atoms with van der Waals surface area (Å²) in [4.78, 5) is 16.2. The van der Waals surface area contributed by atoms with Crippen LogP contribution in [0.1, 0.15) is 12.7 Å². The number of anilines is 1. The van der Waals surface area contributed by atoms with Crippen LogP contribution in [0.4, 0.5) is 5.69 Å². The Labute approximate surface area is 121 Å². The summed E-state index contributed by atoms with van der Waals surface area (Å²) in [6.07, 6.45) is 0. The molecule has 1 unspecified atom stereocenters. The largest absolute Gasteiger partial charge is 0.497 e. The quantitative estimate of drug-likeness (QED) is 0.826. The van der Waals surface area contributed by atoms with Crippen LogP contribution in [0.25, 0.3) is 0 Å². The molecule has 6 nitrogen and oxygen atoms in total. The van der Waals surface area contributed by atoms with Crippen molar-refractivity contribution in [3.63, 3.8) is 0 Å². The monoisotopic (exact) mass is 292 g/mol. The van der Waals surface area contributed by atoms with Gasteiger partial charge >= 0.3 is 0 Å². The summed E-state index contributed by atoms with van der Waals surface area (Å²) in [5.74, 6) is 1.39. The Kier molecular flexibility index (Phi) is 4.62. The minimum atomic E-state index is -0.285. The van der Waals surface area contributed by atoms with Crippen LogP contribution in [-0.4, -0.2) is 33.4 Å². The van der Waals surface area contributed by atoms with E-state index in [-0.39, 0.29) is 11.2 Å². The maximum Gasteiger partial charge on any atom is 0.237 e. The van der Waals surface area contributed by atoms with Crippen LogP contribution >= 0.6 is 11.8 Å². The molecule has 0 aliphatic rings. The van der Waals surface area contributed by atoms with E-state index >= 15 is 0 Å². The summed E-state index contributed by atoms with van der Waals surface area (Å²) in [5, 5.41) is 9.87. The first-order valence-electron chi connectivity index (χ1n) is 6.09. The molecule has 1 aromatic carbocycles. The van der Waals surface area contributed by atoms with Gasteiger partial charge in [0, 0.05) is 5.69 Å². The molecule has 0 saturated heterocycles. The second-order valence-corrected chi connectivity index (χ2v) is 5.49. The standard InChI is InChI=1S/C13H16N4O2S/c1-8(20-13-14-9(2)16-17-13)12(18)15-10-4-6-11(19-3)7-5-10/h4-8H,1-3H3,(H,15,18)(H,14,16,17). The molecule has 1 amide bonds. The smallest absolute Gasteiger partial charge is 0.237 e. The van der Waals surface area contributed by atoms with E-state index in [0.29, 0.717) is 5.16 Å². The van der Waals surface area contributed by atoms with Crippen LogP contribution < -0.4 is 10.1 Å². The van der Waals surface area contributed by atoms with Crippen LogP contribution in [-0.2, 0) is 4.79 Å². The molecule has 0 aliphatic carbocycles. The second kappa shape index (κ2) is 6.42. The third-order valence-electron chi connectivity index (χ3n) is 2.59. The van der Waals surface area contributed by atoms with Crippen molar-refractivity contribution in [3.8, 4) is 5.75 Å². The molecule has 0 aliphatic heterocycles. The van der Waals surface area contributed by atoms with Gasteiger partial charge in [-0.15, -0.1) is 5.10 Å². The van der Waals surface area contributed by atoms with E-state index in [1.165, 1.54) is 11.8 Å². The number of amides is 1. The summed E-state index contributed by atoms with van der Waals surface area (Å²) < 4.78 is 5.07. The van der Waals surface area contributed by atoms with Crippen molar-refractivity contribution in [1.82, 2.24) is 15.2 Å². The number of benzene rings is 1. The molecule has 20 heavy (non-hydrogen) atoms. The lowest BCUT2D eigenvalue weighted by atomic mass is 10.3. The summed E-state index contributed by atoms with van der Waals surface area (Å²) >= 11 is 1.31. The zero-order valence-electron chi connectivity index (χ0n) is 11.5. The van der Waals surface area contributed by atoms with Crippen LogP contribution in [0.2, 0.25) is 0 Å². The Hall–Kier alpha value is -2.02. The predicted molar refractivity (Wildman–Crippen MR) is 78.1 cm³/mol. The molecular formula is C13H16N4O2S. The molecule has 0 bridgehead atoms. The van der Waals surface area contributed by atoms with Crippen LogP contribution in [0.3, 0.4) is 0 Å². The molecule has 1 atom stereocenters. The van der Waals surface area contributed by atoms with Gasteiger partial charge < -0.3 is 10.1 Å². The van der Waals surface area contributed by atoms with Gasteiger partial charge in [-0.1, -0.05) is 11.8 Å². The van der Waals surface area contributed by atoms with Gasteiger partial charge in [0.2, 0.25) is 11.1 Å². The highest BCUT2D eigenvalue weighted by Crippen LogP contribution is 2.21. The number of aromatic nitrogens is 3. The normalized spacial score (nSPS) is 11.9. The number of nitrogens with zero attached hydrogens (tertiary/aromatic N) is 2. The minimum absolute atomic E-state index is 0.0948. The highest BCUT2D eigenvalue weighted by atomic mass is 32.2. The number of aryl methyl sites for hydroxylation is 1. The van der Waals surface area contributed by atoms with Crippen LogP contribution in [0.5, 0.6) is 5.75 Å². The van der Waals surface area contributed by atoms with Crippen molar-refractivity contribution >= 4 is 23.4 Å². The lowest BCUT2D eigenvalue weighted by Crippen LogP contribution is -2.22. The number of hydrogen-bond acceptors (Lipinski definition) is 5. The molecule has 0 saturated carbocycles. The summed E-state index contributed by atoms with van der Waals surface area (Å²) in [6.45, 7) is 3.63. The third-order valence-corrected chi connectivity index (χ3v) is 3.55. The average molecular weight is 292 g/mol. The van der Waals surface area contributed by atoms with E-state index in [2.05, 4.69) is 20.5 Å². The molecule has 1 heterocycles. The van der Waals surface area contributed by atoms with Gasteiger partial charge in [-0.2, -0.15) is 0 Å². The lowest BCUT2D eigenvalue weighted by molar-refractivity contribution is -0.115. The Morgan fingerprint density at radius 2 is 2.10 bits per heavy atom. The Morgan fingerprint density at radius 1 is 1.40 bits per heavy atom. The van der Waals surface area contributed by atoms with Crippen molar-refractivity contribution in [2.24, 2.45) is 0 Å². The summed E-state index contributed by atoms with van der Waals surface area (Å²) in [6, 6.07) is 7.19. The van der Waals surface area contributed by atoms with Crippen molar-refractivity contribution in [3.05, 3.63) is 30.1 Å². The van der Waals surface area contributed by atoms with Gasteiger partial charge in [0.05, 0.1) is 12.4 Å². The van der Waals surface area contributed by atoms with Crippen molar-refractivity contribution in [2.45, 2.75) is 24.3 Å². The van der Waals surface area contributed by atoms with E-state index in [9.17, 15) is 4.79 Å². The first kappa shape index (κ1) is 14.4. The van der Waals surface area contributed by atoms with Gasteiger partial charge in [-0.25, -0.2) is 4.98 Å². The summed E-state index contributed by atoms with van der Waals surface area (Å²) in [5.41, 5.74) is 0.731. The average Bonchev–Trinajstić information content (AvgIpc) is 2.85. The number of hydrogen-bond donors (Lipinski definition) is 2. The zero-order valence-corrected chi connectivity index (χ0v) is 12.3. The fourth-order valence-corrected chi connectivity index (χ4v) is 2.27. The Balaban J connectivity index is 1.93. The topological polar surface area (TPSA) is 79.9 Å².